The minimum Gasteiger partial charge on any atom is -0.468 e. The smallest absolute Gasteiger partial charge is 0.322 e. The van der Waals surface area contributed by atoms with E-state index in [-0.39, 0.29) is 24.4 Å². The van der Waals surface area contributed by atoms with Gasteiger partial charge in [-0.3, -0.25) is 9.59 Å². The van der Waals surface area contributed by atoms with Crippen LogP contribution in [0, 0.1) is 0 Å². The Morgan fingerprint density at radius 3 is 2.17 bits per heavy atom. The van der Waals surface area contributed by atoms with Crippen LogP contribution >= 0.6 is 0 Å². The second kappa shape index (κ2) is 7.36. The van der Waals surface area contributed by atoms with Crippen LogP contribution in [0.3, 0.4) is 0 Å². The molecule has 0 aromatic carbocycles. The van der Waals surface area contributed by atoms with E-state index in [0.717, 1.165) is 0 Å². The van der Waals surface area contributed by atoms with Gasteiger partial charge in [0.15, 0.2) is 0 Å². The van der Waals surface area contributed by atoms with Gasteiger partial charge in [-0.05, 0) is 27.2 Å². The van der Waals surface area contributed by atoms with Gasteiger partial charge in [-0.2, -0.15) is 0 Å². The van der Waals surface area contributed by atoms with E-state index in [2.05, 4.69) is 5.32 Å². The summed E-state index contributed by atoms with van der Waals surface area (Å²) >= 11 is 0. The standard InChI is InChI=1S/C13H25NO4/c1-9(2)14-10(12(16)17-6)7-8-11(15)18-13(3,4)5/h9-10,14H,7-8H2,1-6H3. The first kappa shape index (κ1) is 16.9. The van der Waals surface area contributed by atoms with Gasteiger partial charge >= 0.3 is 11.9 Å². The first-order valence-electron chi connectivity index (χ1n) is 6.21. The zero-order chi connectivity index (χ0) is 14.3. The van der Waals surface area contributed by atoms with Crippen molar-refractivity contribution in [2.75, 3.05) is 7.11 Å². The molecule has 0 aliphatic heterocycles. The number of ether oxygens (including phenoxy) is 2. The van der Waals surface area contributed by atoms with Gasteiger partial charge in [-0.1, -0.05) is 13.8 Å². The molecule has 0 saturated heterocycles. The van der Waals surface area contributed by atoms with Crippen LogP contribution in [0.15, 0.2) is 0 Å². The molecule has 0 radical (unpaired) electrons. The predicted molar refractivity (Wildman–Crippen MR) is 69.2 cm³/mol. The first-order chi connectivity index (χ1) is 8.15. The van der Waals surface area contributed by atoms with Gasteiger partial charge in [0.25, 0.3) is 0 Å². The minimum absolute atomic E-state index is 0.146. The Balaban J connectivity index is 4.26. The quantitative estimate of drug-likeness (QED) is 0.735. The van der Waals surface area contributed by atoms with Crippen molar-refractivity contribution in [3.63, 3.8) is 0 Å². The molecule has 0 heterocycles. The molecule has 0 rings (SSSR count). The van der Waals surface area contributed by atoms with E-state index < -0.39 is 11.6 Å². The topological polar surface area (TPSA) is 64.6 Å². The zero-order valence-electron chi connectivity index (χ0n) is 12.2. The maximum absolute atomic E-state index is 11.6. The molecule has 0 aromatic heterocycles. The van der Waals surface area contributed by atoms with Crippen LogP contribution in [0.5, 0.6) is 0 Å². The normalized spacial score (nSPS) is 13.3. The van der Waals surface area contributed by atoms with Crippen LogP contribution in [0.4, 0.5) is 0 Å². The van der Waals surface area contributed by atoms with E-state index in [1.807, 2.05) is 34.6 Å². The van der Waals surface area contributed by atoms with E-state index in [0.29, 0.717) is 6.42 Å². The van der Waals surface area contributed by atoms with Crippen molar-refractivity contribution in [2.24, 2.45) is 0 Å². The summed E-state index contributed by atoms with van der Waals surface area (Å²) in [6.07, 6.45) is 0.566. The van der Waals surface area contributed by atoms with Gasteiger partial charge in [0.1, 0.15) is 11.6 Å². The fourth-order valence-electron chi connectivity index (χ4n) is 1.47. The molecular weight excluding hydrogens is 234 g/mol. The number of carbonyl (C=O) groups is 2. The molecule has 0 spiro atoms. The number of methoxy groups -OCH3 is 1. The minimum atomic E-state index is -0.497. The number of carbonyl (C=O) groups excluding carboxylic acids is 2. The van der Waals surface area contributed by atoms with E-state index in [1.54, 1.807) is 0 Å². The van der Waals surface area contributed by atoms with Gasteiger partial charge in [-0.25, -0.2) is 0 Å². The molecule has 18 heavy (non-hydrogen) atoms. The van der Waals surface area contributed by atoms with Crippen molar-refractivity contribution >= 4 is 11.9 Å². The van der Waals surface area contributed by atoms with Crippen LogP contribution < -0.4 is 5.32 Å². The highest BCUT2D eigenvalue weighted by Gasteiger charge is 2.23. The Bertz CT molecular complexity index is 281. The molecule has 0 aromatic rings. The molecule has 5 nitrogen and oxygen atoms in total. The third-order valence-corrected chi connectivity index (χ3v) is 2.08. The lowest BCUT2D eigenvalue weighted by Gasteiger charge is -2.21. The maximum Gasteiger partial charge on any atom is 0.322 e. The van der Waals surface area contributed by atoms with Gasteiger partial charge in [0.05, 0.1) is 7.11 Å². The van der Waals surface area contributed by atoms with Crippen LogP contribution in [0.1, 0.15) is 47.5 Å². The molecule has 1 N–H and O–H groups in total. The van der Waals surface area contributed by atoms with E-state index in [9.17, 15) is 9.59 Å². The van der Waals surface area contributed by atoms with E-state index in [4.69, 9.17) is 9.47 Å². The summed E-state index contributed by atoms with van der Waals surface area (Å²) in [6, 6.07) is -0.324. The Labute approximate surface area is 109 Å². The molecule has 1 atom stereocenters. The van der Waals surface area contributed by atoms with Crippen molar-refractivity contribution in [1.82, 2.24) is 5.32 Å². The number of rotatable bonds is 6. The lowest BCUT2D eigenvalue weighted by molar-refractivity contribution is -0.155. The van der Waals surface area contributed by atoms with Gasteiger partial charge in [0.2, 0.25) is 0 Å². The lowest BCUT2D eigenvalue weighted by atomic mass is 10.1. The number of hydrogen-bond acceptors (Lipinski definition) is 5. The lowest BCUT2D eigenvalue weighted by Crippen LogP contribution is -2.42. The molecule has 0 fully saturated rings. The average Bonchev–Trinajstić information content (AvgIpc) is 2.20. The van der Waals surface area contributed by atoms with E-state index >= 15 is 0 Å². The molecule has 5 heteroatoms. The van der Waals surface area contributed by atoms with Gasteiger partial charge in [0, 0.05) is 12.5 Å². The summed E-state index contributed by atoms with van der Waals surface area (Å²) in [6.45, 7) is 9.31. The molecule has 0 aliphatic rings. The Hall–Kier alpha value is -1.10. The largest absolute Gasteiger partial charge is 0.468 e. The van der Waals surface area contributed by atoms with Crippen molar-refractivity contribution in [3.8, 4) is 0 Å². The van der Waals surface area contributed by atoms with Crippen molar-refractivity contribution in [1.29, 1.82) is 0 Å². The fourth-order valence-corrected chi connectivity index (χ4v) is 1.47. The number of esters is 2. The van der Waals surface area contributed by atoms with Crippen LogP contribution in [-0.4, -0.2) is 36.7 Å². The highest BCUT2D eigenvalue weighted by Crippen LogP contribution is 2.10. The Morgan fingerprint density at radius 1 is 1.22 bits per heavy atom. The summed E-state index contributed by atoms with van der Waals surface area (Å²) in [4.78, 5) is 23.1. The summed E-state index contributed by atoms with van der Waals surface area (Å²) < 4.78 is 9.88. The number of hydrogen-bond donors (Lipinski definition) is 1. The number of nitrogens with one attached hydrogen (secondary N) is 1. The first-order valence-corrected chi connectivity index (χ1v) is 6.21. The van der Waals surface area contributed by atoms with Crippen molar-refractivity contribution in [2.45, 2.75) is 65.1 Å². The summed E-state index contributed by atoms with van der Waals surface area (Å²) in [5.74, 6) is -0.658. The molecule has 1 unspecified atom stereocenters. The van der Waals surface area contributed by atoms with Crippen LogP contribution in [0.25, 0.3) is 0 Å². The fraction of sp³-hybridized carbons (Fsp3) is 0.846. The Morgan fingerprint density at radius 2 is 1.78 bits per heavy atom. The van der Waals surface area contributed by atoms with Crippen LogP contribution in [0.2, 0.25) is 0 Å². The zero-order valence-corrected chi connectivity index (χ0v) is 12.2. The highest BCUT2D eigenvalue weighted by molar-refractivity contribution is 5.77. The highest BCUT2D eigenvalue weighted by atomic mass is 16.6. The molecule has 0 saturated carbocycles. The summed E-state index contributed by atoms with van der Waals surface area (Å²) in [5.41, 5.74) is -0.497. The van der Waals surface area contributed by atoms with Crippen molar-refractivity contribution in [3.05, 3.63) is 0 Å². The average molecular weight is 259 g/mol. The third-order valence-electron chi connectivity index (χ3n) is 2.08. The SMILES string of the molecule is COC(=O)C(CCC(=O)OC(C)(C)C)NC(C)C. The second-order valence-electron chi connectivity index (χ2n) is 5.52. The van der Waals surface area contributed by atoms with Crippen molar-refractivity contribution < 1.29 is 19.1 Å². The van der Waals surface area contributed by atoms with Gasteiger partial charge in [-0.15, -0.1) is 0 Å². The molecule has 106 valence electrons. The monoisotopic (exact) mass is 259 g/mol. The third kappa shape index (κ3) is 8.06. The molecule has 0 bridgehead atoms. The predicted octanol–water partition coefficient (Wildman–Crippen LogP) is 1.65. The summed E-state index contributed by atoms with van der Waals surface area (Å²) in [7, 11) is 1.34. The molecule has 0 amide bonds. The second-order valence-corrected chi connectivity index (χ2v) is 5.52. The Kier molecular flexibility index (Phi) is 6.91. The van der Waals surface area contributed by atoms with Crippen LogP contribution in [-0.2, 0) is 19.1 Å². The van der Waals surface area contributed by atoms with Gasteiger partial charge < -0.3 is 14.8 Å². The summed E-state index contributed by atoms with van der Waals surface area (Å²) in [5, 5.41) is 3.07. The molecular formula is C13H25NO4. The molecule has 0 aliphatic carbocycles. The maximum atomic E-state index is 11.6. The van der Waals surface area contributed by atoms with E-state index in [1.165, 1.54) is 7.11 Å².